The zero-order valence-electron chi connectivity index (χ0n) is 12.2. The Kier molecular flexibility index (Phi) is 14.5. The van der Waals surface area contributed by atoms with Gasteiger partial charge in [0.2, 0.25) is 5.88 Å². The lowest BCUT2D eigenvalue weighted by Gasteiger charge is -1.98. The quantitative estimate of drug-likeness (QED) is 0.560. The molecule has 0 saturated heterocycles. The molecule has 0 unspecified atom stereocenters. The molecule has 0 amide bonds. The summed E-state index contributed by atoms with van der Waals surface area (Å²) in [7, 11) is 0. The smallest absolute Gasteiger partial charge is 0.218 e. The Morgan fingerprint density at radius 1 is 1.26 bits per heavy atom. The first-order valence-corrected chi connectivity index (χ1v) is 6.28. The van der Waals surface area contributed by atoms with Crippen LogP contribution in [-0.2, 0) is 0 Å². The van der Waals surface area contributed by atoms with Gasteiger partial charge in [0.25, 0.3) is 0 Å². The molecule has 0 fully saturated rings. The van der Waals surface area contributed by atoms with E-state index in [0.717, 1.165) is 5.57 Å². The summed E-state index contributed by atoms with van der Waals surface area (Å²) < 4.78 is 5.35. The third-order valence-corrected chi connectivity index (χ3v) is 1.67. The topological polar surface area (TPSA) is 22.1 Å². The Balaban J connectivity index is 0. The highest BCUT2D eigenvalue weighted by atomic mass is 19.0. The van der Waals surface area contributed by atoms with Gasteiger partial charge in [0.1, 0.15) is 0 Å². The lowest BCUT2D eigenvalue weighted by Crippen LogP contribution is -1.86. The van der Waals surface area contributed by atoms with Crippen LogP contribution in [0, 0.1) is 0 Å². The van der Waals surface area contributed by atoms with Crippen molar-refractivity contribution in [2.45, 2.75) is 34.1 Å². The van der Waals surface area contributed by atoms with Gasteiger partial charge in [-0.3, -0.25) is 4.70 Å². The third kappa shape index (κ3) is 12.3. The number of hydrogen-bond donors (Lipinski definition) is 0. The number of ether oxygens (including phenoxy) is 1. The lowest BCUT2D eigenvalue weighted by molar-refractivity contribution is 0.458. The highest BCUT2D eigenvalue weighted by molar-refractivity contribution is 5.20. The van der Waals surface area contributed by atoms with Crippen LogP contribution in [0.4, 0.5) is 4.70 Å². The van der Waals surface area contributed by atoms with E-state index >= 15 is 0 Å². The lowest BCUT2D eigenvalue weighted by atomic mass is 10.3. The maximum Gasteiger partial charge on any atom is 0.218 e. The van der Waals surface area contributed by atoms with Gasteiger partial charge in [-0.2, -0.15) is 0 Å². The predicted molar refractivity (Wildman–Crippen MR) is 81.0 cm³/mol. The molecular formula is C16H24FNO. The van der Waals surface area contributed by atoms with Gasteiger partial charge < -0.3 is 4.74 Å². The van der Waals surface area contributed by atoms with Crippen LogP contribution in [0.25, 0.3) is 0 Å². The fraction of sp³-hybridized carbons (Fsp3) is 0.312. The van der Waals surface area contributed by atoms with Crippen LogP contribution in [-0.4, -0.2) is 4.98 Å². The number of halogens is 1. The molecule has 19 heavy (non-hydrogen) atoms. The van der Waals surface area contributed by atoms with Crippen LogP contribution < -0.4 is 4.74 Å². The Morgan fingerprint density at radius 2 is 1.95 bits per heavy atom. The van der Waals surface area contributed by atoms with Crippen LogP contribution in [0.5, 0.6) is 5.88 Å². The second kappa shape index (κ2) is 14.2. The van der Waals surface area contributed by atoms with Crippen molar-refractivity contribution in [2.24, 2.45) is 0 Å². The molecule has 0 bridgehead atoms. The molecule has 0 aliphatic carbocycles. The number of hydrogen-bond acceptors (Lipinski definition) is 2. The van der Waals surface area contributed by atoms with Gasteiger partial charge in [0.05, 0.1) is 6.26 Å². The minimum absolute atomic E-state index is 0. The zero-order chi connectivity index (χ0) is 13.6. The maximum absolute atomic E-state index is 5.35. The van der Waals surface area contributed by atoms with Crippen molar-refractivity contribution in [1.29, 1.82) is 0 Å². The molecule has 0 aliphatic rings. The van der Waals surface area contributed by atoms with Crippen LogP contribution in [0.15, 0.2) is 60.5 Å². The van der Waals surface area contributed by atoms with Gasteiger partial charge in [-0.05, 0) is 25.5 Å². The van der Waals surface area contributed by atoms with Crippen LogP contribution >= 0.6 is 0 Å². The maximum atomic E-state index is 5.35. The highest BCUT2D eigenvalue weighted by Crippen LogP contribution is 2.05. The van der Waals surface area contributed by atoms with Crippen LogP contribution in [0.3, 0.4) is 0 Å². The van der Waals surface area contributed by atoms with E-state index in [1.165, 1.54) is 6.42 Å². The van der Waals surface area contributed by atoms with E-state index in [0.29, 0.717) is 5.88 Å². The van der Waals surface area contributed by atoms with Crippen LogP contribution in [0.1, 0.15) is 34.1 Å². The molecule has 0 saturated carbocycles. The molecule has 106 valence electrons. The molecule has 0 atom stereocenters. The monoisotopic (exact) mass is 265 g/mol. The zero-order valence-corrected chi connectivity index (χ0v) is 12.2. The highest BCUT2D eigenvalue weighted by Gasteiger charge is 1.88. The molecule has 1 rings (SSSR count). The normalized spacial score (nSPS) is 10.8. The molecule has 0 aromatic carbocycles. The summed E-state index contributed by atoms with van der Waals surface area (Å²) in [5.74, 6) is 0.608. The molecule has 1 aromatic rings. The fourth-order valence-corrected chi connectivity index (χ4v) is 0.928. The molecule has 0 radical (unpaired) electrons. The molecule has 0 aliphatic heterocycles. The van der Waals surface area contributed by atoms with Gasteiger partial charge >= 0.3 is 0 Å². The molecule has 2 nitrogen and oxygen atoms in total. The molecule has 0 N–H and O–H groups in total. The molecule has 1 heterocycles. The first-order chi connectivity index (χ1) is 8.74. The Morgan fingerprint density at radius 3 is 2.47 bits per heavy atom. The van der Waals surface area contributed by atoms with E-state index < -0.39 is 0 Å². The van der Waals surface area contributed by atoms with Gasteiger partial charge in [0, 0.05) is 12.3 Å². The predicted octanol–water partition coefficient (Wildman–Crippen LogP) is 5.07. The summed E-state index contributed by atoms with van der Waals surface area (Å²) in [6, 6.07) is 5.57. The van der Waals surface area contributed by atoms with E-state index in [9.17, 15) is 0 Å². The molecule has 1 aromatic heterocycles. The second-order valence-corrected chi connectivity index (χ2v) is 3.74. The van der Waals surface area contributed by atoms with Gasteiger partial charge in [0.15, 0.2) is 0 Å². The summed E-state index contributed by atoms with van der Waals surface area (Å²) in [4.78, 5) is 4.04. The molecule has 3 heteroatoms. The Bertz CT molecular complexity index is 383. The largest absolute Gasteiger partial charge is 0.446 e. The minimum Gasteiger partial charge on any atom is -0.446 e. The molecular weight excluding hydrogens is 241 g/mol. The van der Waals surface area contributed by atoms with E-state index in [2.05, 4.69) is 18.8 Å². The number of rotatable bonds is 4. The SMILES string of the molecule is CCC.C\C=C/C=C\C(C)=C\Oc1ccccn1.F. The number of allylic oxidation sites excluding steroid dienone is 5. The van der Waals surface area contributed by atoms with E-state index in [4.69, 9.17) is 4.74 Å². The summed E-state index contributed by atoms with van der Waals surface area (Å²) >= 11 is 0. The van der Waals surface area contributed by atoms with Crippen molar-refractivity contribution < 1.29 is 9.44 Å². The first-order valence-electron chi connectivity index (χ1n) is 6.28. The summed E-state index contributed by atoms with van der Waals surface area (Å²) in [5, 5.41) is 0. The fourth-order valence-electron chi connectivity index (χ4n) is 0.928. The van der Waals surface area contributed by atoms with Crippen molar-refractivity contribution in [3.05, 3.63) is 60.5 Å². The van der Waals surface area contributed by atoms with Gasteiger partial charge in [-0.1, -0.05) is 50.6 Å². The number of aromatic nitrogens is 1. The average molecular weight is 265 g/mol. The standard InChI is InChI=1S/C13H15NO.C3H8.FH/c1-3-4-5-8-12(2)11-15-13-9-6-7-10-14-13;1-3-2;/h3-11H,1-2H3;3H2,1-2H3;1H/b4-3-,8-5-,12-11+;;. The minimum atomic E-state index is 0. The second-order valence-electron chi connectivity index (χ2n) is 3.74. The number of nitrogens with zero attached hydrogens (tertiary/aromatic N) is 1. The third-order valence-electron chi connectivity index (χ3n) is 1.67. The average Bonchev–Trinajstić information content (AvgIpc) is 2.39. The van der Waals surface area contributed by atoms with E-state index in [1.807, 2.05) is 56.4 Å². The van der Waals surface area contributed by atoms with Crippen molar-refractivity contribution in [1.82, 2.24) is 4.98 Å². The van der Waals surface area contributed by atoms with E-state index in [1.54, 1.807) is 12.5 Å². The van der Waals surface area contributed by atoms with Crippen molar-refractivity contribution >= 4 is 0 Å². The Hall–Kier alpha value is -1.90. The van der Waals surface area contributed by atoms with E-state index in [-0.39, 0.29) is 4.70 Å². The summed E-state index contributed by atoms with van der Waals surface area (Å²) in [6.45, 7) is 8.21. The Labute approximate surface area is 115 Å². The molecule has 0 spiro atoms. The van der Waals surface area contributed by atoms with Gasteiger partial charge in [-0.15, -0.1) is 0 Å². The van der Waals surface area contributed by atoms with Crippen LogP contribution in [0.2, 0.25) is 0 Å². The van der Waals surface area contributed by atoms with Crippen molar-refractivity contribution in [3.63, 3.8) is 0 Å². The summed E-state index contributed by atoms with van der Waals surface area (Å²) in [5.41, 5.74) is 1.04. The van der Waals surface area contributed by atoms with Crippen molar-refractivity contribution in [2.75, 3.05) is 0 Å². The van der Waals surface area contributed by atoms with Crippen molar-refractivity contribution in [3.8, 4) is 5.88 Å². The number of pyridine rings is 1. The van der Waals surface area contributed by atoms with Gasteiger partial charge in [-0.25, -0.2) is 4.98 Å². The summed E-state index contributed by atoms with van der Waals surface area (Å²) in [6.07, 6.45) is 12.5. The first kappa shape index (κ1) is 19.4.